The molecule has 0 spiro atoms. The lowest BCUT2D eigenvalue weighted by atomic mass is 9.79. The van der Waals surface area contributed by atoms with Crippen LogP contribution >= 0.6 is 0 Å². The second-order valence-electron chi connectivity index (χ2n) is 10.5. The van der Waals surface area contributed by atoms with Gasteiger partial charge in [0, 0.05) is 35.8 Å². The Kier molecular flexibility index (Phi) is 5.54. The fourth-order valence-electron chi connectivity index (χ4n) is 6.60. The van der Waals surface area contributed by atoms with E-state index >= 15 is 0 Å². The van der Waals surface area contributed by atoms with Gasteiger partial charge < -0.3 is 15.5 Å². The minimum atomic E-state index is -0.363. The van der Waals surface area contributed by atoms with E-state index in [-0.39, 0.29) is 35.6 Å². The monoisotopic (exact) mass is 461 g/mol. The molecule has 2 heterocycles. The number of para-hydroxylation sites is 1. The van der Waals surface area contributed by atoms with E-state index in [1.807, 2.05) is 0 Å². The first kappa shape index (κ1) is 21.6. The smallest absolute Gasteiger partial charge is 0.251 e. The van der Waals surface area contributed by atoms with Crippen LogP contribution in [-0.4, -0.2) is 35.3 Å². The standard InChI is InChI=1S/C28H32FN3O2/c29-19-13-11-18(12-14-19)27(33)31-24-8-4-2-6-21(24)28(34)32-16-15-22-25(17-9-10-17)30-23-7-3-1-5-20(23)26(22)32/h1,3,5,7,11-14,17,21-22,24-26,30H,2,4,6,8-10,15-16H2,(H,31,33)/t21-,22+,24+,25-,26-/m0/s1. The maximum atomic E-state index is 14.0. The van der Waals surface area contributed by atoms with Crippen LogP contribution in [0.5, 0.6) is 0 Å². The highest BCUT2D eigenvalue weighted by atomic mass is 19.1. The molecular weight excluding hydrogens is 429 g/mol. The Morgan fingerprint density at radius 2 is 1.71 bits per heavy atom. The van der Waals surface area contributed by atoms with Crippen molar-refractivity contribution in [1.82, 2.24) is 10.2 Å². The van der Waals surface area contributed by atoms with E-state index in [1.54, 1.807) is 0 Å². The predicted octanol–water partition coefficient (Wildman–Crippen LogP) is 4.91. The zero-order valence-electron chi connectivity index (χ0n) is 19.4. The van der Waals surface area contributed by atoms with Gasteiger partial charge in [-0.15, -0.1) is 0 Å². The summed E-state index contributed by atoms with van der Waals surface area (Å²) in [5.74, 6) is 0.541. The van der Waals surface area contributed by atoms with Gasteiger partial charge in [0.15, 0.2) is 0 Å². The number of carbonyl (C=O) groups is 2. The van der Waals surface area contributed by atoms with Crippen molar-refractivity contribution in [2.24, 2.45) is 17.8 Å². The van der Waals surface area contributed by atoms with E-state index in [0.717, 1.165) is 38.6 Å². The van der Waals surface area contributed by atoms with Crippen LogP contribution in [0, 0.1) is 23.6 Å². The van der Waals surface area contributed by atoms with Crippen LogP contribution in [0.4, 0.5) is 10.1 Å². The summed E-state index contributed by atoms with van der Waals surface area (Å²) in [5.41, 5.74) is 2.84. The van der Waals surface area contributed by atoms with E-state index < -0.39 is 0 Å². The molecule has 1 saturated heterocycles. The average Bonchev–Trinajstić information content (AvgIpc) is 3.61. The zero-order valence-corrected chi connectivity index (χ0v) is 19.4. The number of rotatable bonds is 4. The molecule has 2 saturated carbocycles. The van der Waals surface area contributed by atoms with E-state index in [2.05, 4.69) is 39.8 Å². The number of nitrogens with zero attached hydrogens (tertiary/aromatic N) is 1. The number of hydrogen-bond donors (Lipinski definition) is 2. The minimum Gasteiger partial charge on any atom is -0.381 e. The molecule has 0 aromatic heterocycles. The fourth-order valence-corrected chi connectivity index (χ4v) is 6.60. The molecule has 4 aliphatic rings. The van der Waals surface area contributed by atoms with Crippen molar-refractivity contribution in [2.75, 3.05) is 11.9 Å². The molecule has 6 heteroatoms. The molecule has 2 aliphatic carbocycles. The molecule has 3 fully saturated rings. The van der Waals surface area contributed by atoms with Gasteiger partial charge in [-0.2, -0.15) is 0 Å². The van der Waals surface area contributed by atoms with E-state index in [1.165, 1.54) is 48.4 Å². The highest BCUT2D eigenvalue weighted by Gasteiger charge is 2.51. The van der Waals surface area contributed by atoms with Gasteiger partial charge in [-0.1, -0.05) is 31.0 Å². The van der Waals surface area contributed by atoms with Crippen molar-refractivity contribution in [1.29, 1.82) is 0 Å². The highest BCUT2D eigenvalue weighted by molar-refractivity contribution is 5.95. The maximum absolute atomic E-state index is 14.0. The van der Waals surface area contributed by atoms with Gasteiger partial charge in [-0.05, 0) is 73.9 Å². The number of fused-ring (bicyclic) bond motifs is 3. The number of likely N-dealkylation sites (tertiary alicyclic amines) is 1. The Labute approximate surface area is 200 Å². The molecule has 6 rings (SSSR count). The topological polar surface area (TPSA) is 61.4 Å². The third-order valence-corrected chi connectivity index (χ3v) is 8.43. The largest absolute Gasteiger partial charge is 0.381 e. The zero-order chi connectivity index (χ0) is 23.2. The Hall–Kier alpha value is -2.89. The average molecular weight is 462 g/mol. The van der Waals surface area contributed by atoms with Gasteiger partial charge >= 0.3 is 0 Å². The van der Waals surface area contributed by atoms with Crippen LogP contribution in [0.1, 0.15) is 66.9 Å². The summed E-state index contributed by atoms with van der Waals surface area (Å²) in [4.78, 5) is 29.0. The van der Waals surface area contributed by atoms with Gasteiger partial charge in [-0.3, -0.25) is 9.59 Å². The number of hydrogen-bond acceptors (Lipinski definition) is 3. The first-order valence-electron chi connectivity index (χ1n) is 12.8. The lowest BCUT2D eigenvalue weighted by Gasteiger charge is -2.42. The van der Waals surface area contributed by atoms with Gasteiger partial charge in [0.2, 0.25) is 5.91 Å². The number of halogens is 1. The van der Waals surface area contributed by atoms with Crippen LogP contribution < -0.4 is 10.6 Å². The van der Waals surface area contributed by atoms with Crippen LogP contribution in [0.25, 0.3) is 0 Å². The number of benzene rings is 2. The SMILES string of the molecule is O=C(N[C@@H]1CCCC[C@@H]1C(=O)N1CC[C@@H]2[C@H](C3CC3)Nc3ccccc3[C@@H]21)c1ccc(F)cc1. The second kappa shape index (κ2) is 8.71. The van der Waals surface area contributed by atoms with Crippen LogP contribution in [-0.2, 0) is 4.79 Å². The van der Waals surface area contributed by atoms with Crippen molar-refractivity contribution in [3.8, 4) is 0 Å². The molecule has 2 aromatic rings. The summed E-state index contributed by atoms with van der Waals surface area (Å²) in [5, 5.41) is 6.92. The van der Waals surface area contributed by atoms with Crippen LogP contribution in [0.15, 0.2) is 48.5 Å². The summed E-state index contributed by atoms with van der Waals surface area (Å²) in [6.07, 6.45) is 7.18. The van der Waals surface area contributed by atoms with Crippen molar-refractivity contribution >= 4 is 17.5 Å². The highest BCUT2D eigenvalue weighted by Crippen LogP contribution is 2.52. The van der Waals surface area contributed by atoms with Gasteiger partial charge in [0.05, 0.1) is 12.0 Å². The van der Waals surface area contributed by atoms with Crippen molar-refractivity contribution in [3.05, 3.63) is 65.5 Å². The molecule has 2 aromatic carbocycles. The van der Waals surface area contributed by atoms with Crippen LogP contribution in [0.2, 0.25) is 0 Å². The third kappa shape index (κ3) is 3.87. The maximum Gasteiger partial charge on any atom is 0.251 e. The number of nitrogens with one attached hydrogen (secondary N) is 2. The molecule has 5 nitrogen and oxygen atoms in total. The van der Waals surface area contributed by atoms with Crippen molar-refractivity contribution in [3.63, 3.8) is 0 Å². The molecule has 0 unspecified atom stereocenters. The second-order valence-corrected chi connectivity index (χ2v) is 10.5. The lowest BCUT2D eigenvalue weighted by molar-refractivity contribution is -0.138. The van der Waals surface area contributed by atoms with E-state index in [4.69, 9.17) is 0 Å². The Morgan fingerprint density at radius 3 is 2.50 bits per heavy atom. The fraction of sp³-hybridized carbons (Fsp3) is 0.500. The predicted molar refractivity (Wildman–Crippen MR) is 129 cm³/mol. The van der Waals surface area contributed by atoms with Gasteiger partial charge in [-0.25, -0.2) is 4.39 Å². The number of amides is 2. The Balaban J connectivity index is 1.24. The molecule has 2 amide bonds. The van der Waals surface area contributed by atoms with Gasteiger partial charge in [0.1, 0.15) is 5.82 Å². The molecule has 2 N–H and O–H groups in total. The first-order valence-corrected chi connectivity index (χ1v) is 12.8. The summed E-state index contributed by atoms with van der Waals surface area (Å²) in [7, 11) is 0. The van der Waals surface area contributed by atoms with Gasteiger partial charge in [0.25, 0.3) is 5.91 Å². The Morgan fingerprint density at radius 1 is 0.941 bits per heavy atom. The van der Waals surface area contributed by atoms with Crippen molar-refractivity contribution < 1.29 is 14.0 Å². The molecule has 2 aliphatic heterocycles. The molecule has 0 bridgehead atoms. The Bertz CT molecular complexity index is 1080. The molecule has 0 radical (unpaired) electrons. The first-order chi connectivity index (χ1) is 16.6. The summed E-state index contributed by atoms with van der Waals surface area (Å²) in [6, 6.07) is 14.4. The summed E-state index contributed by atoms with van der Waals surface area (Å²) in [6.45, 7) is 0.780. The summed E-state index contributed by atoms with van der Waals surface area (Å²) < 4.78 is 13.3. The number of carbonyl (C=O) groups excluding carboxylic acids is 2. The minimum absolute atomic E-state index is 0.117. The van der Waals surface area contributed by atoms with Crippen LogP contribution in [0.3, 0.4) is 0 Å². The quantitative estimate of drug-likeness (QED) is 0.680. The van der Waals surface area contributed by atoms with E-state index in [0.29, 0.717) is 23.4 Å². The number of anilines is 1. The summed E-state index contributed by atoms with van der Waals surface area (Å²) >= 11 is 0. The molecule has 178 valence electrons. The third-order valence-electron chi connectivity index (χ3n) is 8.43. The lowest BCUT2D eigenvalue weighted by Crippen LogP contribution is -2.50. The molecule has 34 heavy (non-hydrogen) atoms. The normalized spacial score (nSPS) is 30.1. The van der Waals surface area contributed by atoms with Crippen molar-refractivity contribution in [2.45, 2.75) is 63.1 Å². The molecule has 5 atom stereocenters. The molecular formula is C28H32FN3O2. The van der Waals surface area contributed by atoms with E-state index in [9.17, 15) is 14.0 Å².